The predicted molar refractivity (Wildman–Crippen MR) is 103 cm³/mol. The average molecular weight is 409 g/mol. The molecule has 1 amide bonds. The van der Waals surface area contributed by atoms with Crippen LogP contribution in [0.4, 0.5) is 13.2 Å². The van der Waals surface area contributed by atoms with E-state index in [1.807, 2.05) is 0 Å². The van der Waals surface area contributed by atoms with Gasteiger partial charge >= 0.3 is 0 Å². The molecular formula is C18H14F3N3OS2. The summed E-state index contributed by atoms with van der Waals surface area (Å²) < 4.78 is 37.5. The zero-order chi connectivity index (χ0) is 19.2. The van der Waals surface area contributed by atoms with Crippen molar-refractivity contribution in [3.05, 3.63) is 65.5 Å². The molecule has 3 rings (SSSR count). The molecule has 0 radical (unpaired) electrons. The molecule has 0 spiro atoms. The minimum atomic E-state index is -2.46. The van der Waals surface area contributed by atoms with Crippen molar-refractivity contribution >= 4 is 40.8 Å². The fourth-order valence-corrected chi connectivity index (χ4v) is 3.77. The van der Waals surface area contributed by atoms with Gasteiger partial charge in [0.2, 0.25) is 5.91 Å². The molecule has 140 valence electrons. The van der Waals surface area contributed by atoms with Gasteiger partial charge in [0, 0.05) is 4.90 Å². The number of rotatable bonds is 6. The van der Waals surface area contributed by atoms with Gasteiger partial charge < -0.3 is 5.32 Å². The Kier molecular flexibility index (Phi) is 6.57. The van der Waals surface area contributed by atoms with E-state index in [9.17, 15) is 18.0 Å². The number of halogens is 3. The number of hydrogen-bond donors (Lipinski definition) is 1. The molecule has 4 nitrogen and oxygen atoms in total. The summed E-state index contributed by atoms with van der Waals surface area (Å²) >= 11 is 1.74. The zero-order valence-electron chi connectivity index (χ0n) is 13.8. The molecule has 1 aliphatic heterocycles. The predicted octanol–water partition coefficient (Wildman–Crippen LogP) is 4.30. The van der Waals surface area contributed by atoms with Gasteiger partial charge in [-0.3, -0.25) is 4.79 Å². The Labute approximate surface area is 162 Å². The summed E-state index contributed by atoms with van der Waals surface area (Å²) in [5.74, 6) is -2.97. The molecule has 0 saturated carbocycles. The molecule has 27 heavy (non-hydrogen) atoms. The van der Waals surface area contributed by atoms with E-state index in [0.717, 1.165) is 5.56 Å². The Bertz CT molecular complexity index is 855. The first-order chi connectivity index (χ1) is 13.0. The van der Waals surface area contributed by atoms with Gasteiger partial charge in [-0.1, -0.05) is 47.8 Å². The largest absolute Gasteiger partial charge is 0.303 e. The topological polar surface area (TPSA) is 53.8 Å². The minimum absolute atomic E-state index is 0.179. The van der Waals surface area contributed by atoms with Crippen molar-refractivity contribution in [2.24, 2.45) is 10.2 Å². The van der Waals surface area contributed by atoms with E-state index in [4.69, 9.17) is 0 Å². The standard InChI is InChI=1S/C18H14F3N3OS2/c19-13-5-1-12(2-6-13)10-22-24-18-23-16(25)15(27-18)9-11-3-7-14(8-4-11)26-17(20)21/h1-8,10,15,17H,9H2,(H,23,24,25)/b22-10-/t15-/m1/s1. The lowest BCUT2D eigenvalue weighted by atomic mass is 10.1. The highest BCUT2D eigenvalue weighted by atomic mass is 32.2. The van der Waals surface area contributed by atoms with Gasteiger partial charge in [-0.25, -0.2) is 4.39 Å². The maximum atomic E-state index is 12.8. The molecule has 9 heteroatoms. The number of alkyl halides is 2. The molecule has 1 heterocycles. The highest BCUT2D eigenvalue weighted by Gasteiger charge is 2.30. The van der Waals surface area contributed by atoms with Crippen LogP contribution in [0.1, 0.15) is 11.1 Å². The van der Waals surface area contributed by atoms with Crippen LogP contribution in [0.5, 0.6) is 0 Å². The van der Waals surface area contributed by atoms with Gasteiger partial charge in [-0.2, -0.15) is 13.9 Å². The smallest absolute Gasteiger partial charge is 0.288 e. The van der Waals surface area contributed by atoms with Crippen molar-refractivity contribution < 1.29 is 18.0 Å². The Morgan fingerprint density at radius 1 is 1.15 bits per heavy atom. The molecule has 0 aliphatic carbocycles. The monoisotopic (exact) mass is 409 g/mol. The number of thioether (sulfide) groups is 2. The molecule has 0 bridgehead atoms. The Morgan fingerprint density at radius 3 is 2.52 bits per heavy atom. The fraction of sp³-hybridized carbons (Fsp3) is 0.167. The van der Waals surface area contributed by atoms with Crippen molar-refractivity contribution in [2.75, 3.05) is 0 Å². The van der Waals surface area contributed by atoms with Crippen LogP contribution in [0.2, 0.25) is 0 Å². The van der Waals surface area contributed by atoms with Crippen molar-refractivity contribution in [1.82, 2.24) is 5.32 Å². The van der Waals surface area contributed by atoms with E-state index in [0.29, 0.717) is 33.8 Å². The summed E-state index contributed by atoms with van der Waals surface area (Å²) in [5, 5.41) is 10.5. The SMILES string of the molecule is O=C1N/C(=N\N=C/c2ccc(F)cc2)S[C@@H]1Cc1ccc(SC(F)F)cc1. The van der Waals surface area contributed by atoms with Crippen molar-refractivity contribution in [2.45, 2.75) is 22.3 Å². The second-order valence-corrected chi connectivity index (χ2v) is 7.78. The third-order valence-corrected chi connectivity index (χ3v) is 5.37. The number of amides is 1. The van der Waals surface area contributed by atoms with Gasteiger partial charge in [-0.15, -0.1) is 5.10 Å². The van der Waals surface area contributed by atoms with E-state index in [-0.39, 0.29) is 17.0 Å². The molecule has 2 aromatic rings. The normalized spacial score (nSPS) is 18.6. The first-order valence-corrected chi connectivity index (χ1v) is 9.63. The lowest BCUT2D eigenvalue weighted by Gasteiger charge is -2.06. The minimum Gasteiger partial charge on any atom is -0.303 e. The highest BCUT2D eigenvalue weighted by Crippen LogP contribution is 2.27. The van der Waals surface area contributed by atoms with E-state index < -0.39 is 5.76 Å². The van der Waals surface area contributed by atoms with Crippen molar-refractivity contribution in [1.29, 1.82) is 0 Å². The summed E-state index contributed by atoms with van der Waals surface area (Å²) in [4.78, 5) is 12.5. The van der Waals surface area contributed by atoms with Gasteiger partial charge in [0.05, 0.1) is 11.5 Å². The van der Waals surface area contributed by atoms with Crippen LogP contribution in [0.3, 0.4) is 0 Å². The number of hydrogen-bond acceptors (Lipinski definition) is 5. The average Bonchev–Trinajstić information content (AvgIpc) is 2.97. The number of carbonyl (C=O) groups excluding carboxylic acids is 1. The maximum absolute atomic E-state index is 12.8. The van der Waals surface area contributed by atoms with Gasteiger partial charge in [0.1, 0.15) is 5.82 Å². The molecule has 1 saturated heterocycles. The van der Waals surface area contributed by atoms with Crippen LogP contribution in [-0.4, -0.2) is 28.3 Å². The van der Waals surface area contributed by atoms with Crippen LogP contribution in [0.15, 0.2) is 63.6 Å². The van der Waals surface area contributed by atoms with Gasteiger partial charge in [-0.05, 0) is 41.8 Å². The quantitative estimate of drug-likeness (QED) is 0.440. The summed E-state index contributed by atoms with van der Waals surface area (Å²) in [6.07, 6.45) is 1.92. The lowest BCUT2D eigenvalue weighted by Crippen LogP contribution is -2.25. The van der Waals surface area contributed by atoms with E-state index in [1.165, 1.54) is 30.1 Å². The molecule has 0 unspecified atom stereocenters. The van der Waals surface area contributed by atoms with Crippen molar-refractivity contribution in [3.8, 4) is 0 Å². The molecule has 1 atom stereocenters. The molecule has 1 N–H and O–H groups in total. The van der Waals surface area contributed by atoms with E-state index in [2.05, 4.69) is 15.5 Å². The Balaban J connectivity index is 1.57. The Morgan fingerprint density at radius 2 is 1.85 bits per heavy atom. The lowest BCUT2D eigenvalue weighted by molar-refractivity contribution is -0.118. The van der Waals surface area contributed by atoms with E-state index in [1.54, 1.807) is 36.4 Å². The third kappa shape index (κ3) is 5.86. The van der Waals surface area contributed by atoms with Gasteiger partial charge in [0.25, 0.3) is 5.76 Å². The first-order valence-electron chi connectivity index (χ1n) is 7.87. The highest BCUT2D eigenvalue weighted by molar-refractivity contribution is 8.15. The van der Waals surface area contributed by atoms with Crippen LogP contribution < -0.4 is 5.32 Å². The molecule has 0 aromatic heterocycles. The molecule has 2 aromatic carbocycles. The fourth-order valence-electron chi connectivity index (χ4n) is 2.30. The molecular weight excluding hydrogens is 395 g/mol. The van der Waals surface area contributed by atoms with E-state index >= 15 is 0 Å². The molecule has 1 aliphatic rings. The zero-order valence-corrected chi connectivity index (χ0v) is 15.4. The van der Waals surface area contributed by atoms with Crippen LogP contribution >= 0.6 is 23.5 Å². The summed E-state index contributed by atoms with van der Waals surface area (Å²) in [7, 11) is 0. The summed E-state index contributed by atoms with van der Waals surface area (Å²) in [5.41, 5.74) is 1.56. The summed E-state index contributed by atoms with van der Waals surface area (Å²) in [6, 6.07) is 12.5. The molecule has 1 fully saturated rings. The number of amidine groups is 1. The number of nitrogens with one attached hydrogen (secondary N) is 1. The number of carbonyl (C=O) groups is 1. The Hall–Kier alpha value is -2.26. The van der Waals surface area contributed by atoms with Crippen molar-refractivity contribution in [3.63, 3.8) is 0 Å². The van der Waals surface area contributed by atoms with Crippen LogP contribution in [0.25, 0.3) is 0 Å². The summed E-state index contributed by atoms with van der Waals surface area (Å²) in [6.45, 7) is 0. The first kappa shape index (κ1) is 19.5. The third-order valence-electron chi connectivity index (χ3n) is 3.57. The van der Waals surface area contributed by atoms with Crippen LogP contribution in [0, 0.1) is 5.82 Å². The van der Waals surface area contributed by atoms with Gasteiger partial charge in [0.15, 0.2) is 5.17 Å². The second kappa shape index (κ2) is 9.09. The second-order valence-electron chi connectivity index (χ2n) is 5.52. The van der Waals surface area contributed by atoms with Crippen LogP contribution in [-0.2, 0) is 11.2 Å². The maximum Gasteiger partial charge on any atom is 0.288 e. The number of nitrogens with zero attached hydrogens (tertiary/aromatic N) is 2. The number of benzene rings is 2.